The molecule has 0 saturated carbocycles. The summed E-state index contributed by atoms with van der Waals surface area (Å²) in [6.45, 7) is 1.92. The third kappa shape index (κ3) is 3.19. The summed E-state index contributed by atoms with van der Waals surface area (Å²) in [7, 11) is 0. The van der Waals surface area contributed by atoms with Crippen molar-refractivity contribution in [2.45, 2.75) is 19.0 Å². The van der Waals surface area contributed by atoms with Crippen molar-refractivity contribution in [3.8, 4) is 21.6 Å². The lowest BCUT2D eigenvalue weighted by Crippen LogP contribution is -2.34. The zero-order chi connectivity index (χ0) is 15.0. The SMILES string of the molecule is Cc1ccc(-c2ccc(C#CC(F)(F)C(F)(F)F)s2)s1. The van der Waals surface area contributed by atoms with Crippen LogP contribution in [0.3, 0.4) is 0 Å². The second-order valence-electron chi connectivity index (χ2n) is 3.90. The average Bonchev–Trinajstić information content (AvgIpc) is 2.93. The van der Waals surface area contributed by atoms with E-state index in [1.54, 1.807) is 6.07 Å². The Labute approximate surface area is 119 Å². The highest BCUT2D eigenvalue weighted by molar-refractivity contribution is 7.22. The molecule has 0 aliphatic rings. The van der Waals surface area contributed by atoms with E-state index < -0.39 is 12.1 Å². The molecule has 20 heavy (non-hydrogen) atoms. The number of hydrogen-bond donors (Lipinski definition) is 0. The molecule has 0 aliphatic heterocycles. The molecule has 0 unspecified atom stereocenters. The van der Waals surface area contributed by atoms with E-state index >= 15 is 0 Å². The van der Waals surface area contributed by atoms with Crippen molar-refractivity contribution >= 4 is 22.7 Å². The third-order valence-electron chi connectivity index (χ3n) is 2.29. The first kappa shape index (κ1) is 15.0. The van der Waals surface area contributed by atoms with Crippen molar-refractivity contribution in [2.24, 2.45) is 0 Å². The largest absolute Gasteiger partial charge is 0.466 e. The first-order valence-corrected chi connectivity index (χ1v) is 6.97. The molecule has 0 amide bonds. The minimum absolute atomic E-state index is 0.176. The Balaban J connectivity index is 2.23. The summed E-state index contributed by atoms with van der Waals surface area (Å²) in [6, 6.07) is 6.87. The first-order chi connectivity index (χ1) is 9.19. The lowest BCUT2D eigenvalue weighted by atomic mass is 10.3. The Hall–Kier alpha value is -1.39. The van der Waals surface area contributed by atoms with E-state index in [2.05, 4.69) is 0 Å². The molecule has 0 N–H and O–H groups in total. The second-order valence-corrected chi connectivity index (χ2v) is 6.27. The van der Waals surface area contributed by atoms with Crippen molar-refractivity contribution < 1.29 is 22.0 Å². The number of aryl methyl sites for hydroxylation is 1. The molecule has 0 bridgehead atoms. The van der Waals surface area contributed by atoms with Crippen LogP contribution in [-0.2, 0) is 0 Å². The zero-order valence-corrected chi connectivity index (χ0v) is 11.6. The Morgan fingerprint density at radius 1 is 0.900 bits per heavy atom. The Bertz CT molecular complexity index is 667. The summed E-state index contributed by atoms with van der Waals surface area (Å²) in [5.41, 5.74) is 0. The van der Waals surface area contributed by atoms with Crippen LogP contribution < -0.4 is 0 Å². The molecule has 2 aromatic heterocycles. The standard InChI is InChI=1S/C13H7F5S2/c1-8-2-4-10(19-8)11-5-3-9(20-11)6-7-12(14,15)13(16,17)18/h2-5H,1H3. The van der Waals surface area contributed by atoms with Gasteiger partial charge in [0.05, 0.1) is 4.88 Å². The van der Waals surface area contributed by atoms with E-state index in [1.807, 2.05) is 25.0 Å². The monoisotopic (exact) mass is 322 g/mol. The van der Waals surface area contributed by atoms with Gasteiger partial charge in [-0.15, -0.1) is 22.7 Å². The van der Waals surface area contributed by atoms with Gasteiger partial charge in [0.1, 0.15) is 0 Å². The summed E-state index contributed by atoms with van der Waals surface area (Å²) in [4.78, 5) is 2.99. The van der Waals surface area contributed by atoms with Crippen LogP contribution in [0.2, 0.25) is 0 Å². The normalized spacial score (nSPS) is 12.1. The van der Waals surface area contributed by atoms with Crippen molar-refractivity contribution in [2.75, 3.05) is 0 Å². The van der Waals surface area contributed by atoms with Crippen LogP contribution in [0.25, 0.3) is 9.75 Å². The zero-order valence-electron chi connectivity index (χ0n) is 10.0. The lowest BCUT2D eigenvalue weighted by molar-refractivity contribution is -0.254. The molecular weight excluding hydrogens is 315 g/mol. The van der Waals surface area contributed by atoms with Crippen molar-refractivity contribution in [1.29, 1.82) is 0 Å². The molecule has 0 saturated heterocycles. The maximum Gasteiger partial charge on any atom is 0.466 e. The second kappa shape index (κ2) is 5.19. The van der Waals surface area contributed by atoms with Crippen molar-refractivity contribution in [3.05, 3.63) is 34.0 Å². The van der Waals surface area contributed by atoms with E-state index in [9.17, 15) is 22.0 Å². The van der Waals surface area contributed by atoms with Crippen LogP contribution in [0.5, 0.6) is 0 Å². The molecule has 2 aromatic rings. The van der Waals surface area contributed by atoms with Crippen molar-refractivity contribution in [3.63, 3.8) is 0 Å². The van der Waals surface area contributed by atoms with Gasteiger partial charge < -0.3 is 0 Å². The van der Waals surface area contributed by atoms with E-state index in [0.717, 1.165) is 31.9 Å². The molecule has 0 aromatic carbocycles. The van der Waals surface area contributed by atoms with Crippen LogP contribution in [0.15, 0.2) is 24.3 Å². The van der Waals surface area contributed by atoms with E-state index in [0.29, 0.717) is 0 Å². The van der Waals surface area contributed by atoms with Gasteiger partial charge in [-0.05, 0) is 43.0 Å². The number of halogens is 5. The fourth-order valence-electron chi connectivity index (χ4n) is 1.32. The topological polar surface area (TPSA) is 0 Å². The summed E-state index contributed by atoms with van der Waals surface area (Å²) < 4.78 is 61.2. The Morgan fingerprint density at radius 2 is 1.50 bits per heavy atom. The van der Waals surface area contributed by atoms with Gasteiger partial charge in [-0.3, -0.25) is 0 Å². The highest BCUT2D eigenvalue weighted by atomic mass is 32.1. The number of hydrogen-bond acceptors (Lipinski definition) is 2. The van der Waals surface area contributed by atoms with Gasteiger partial charge in [-0.2, -0.15) is 22.0 Å². The van der Waals surface area contributed by atoms with Crippen molar-refractivity contribution in [1.82, 2.24) is 0 Å². The van der Waals surface area contributed by atoms with Crippen LogP contribution in [0, 0.1) is 18.8 Å². The molecule has 0 radical (unpaired) electrons. The summed E-state index contributed by atoms with van der Waals surface area (Å²) in [5, 5.41) is 0. The fraction of sp³-hybridized carbons (Fsp3) is 0.231. The summed E-state index contributed by atoms with van der Waals surface area (Å²) in [6.07, 6.45) is -5.65. The molecule has 2 heterocycles. The fourth-order valence-corrected chi connectivity index (χ4v) is 3.13. The van der Waals surface area contributed by atoms with Crippen LogP contribution in [-0.4, -0.2) is 12.1 Å². The first-order valence-electron chi connectivity index (χ1n) is 5.33. The maximum atomic E-state index is 12.7. The predicted molar refractivity (Wildman–Crippen MR) is 70.2 cm³/mol. The van der Waals surface area contributed by atoms with Crippen LogP contribution >= 0.6 is 22.7 Å². The molecule has 0 atom stereocenters. The quantitative estimate of drug-likeness (QED) is 0.491. The molecule has 106 valence electrons. The van der Waals surface area contributed by atoms with E-state index in [-0.39, 0.29) is 4.88 Å². The smallest absolute Gasteiger partial charge is 0.181 e. The molecule has 7 heteroatoms. The molecule has 2 rings (SSSR count). The molecule has 0 fully saturated rings. The van der Waals surface area contributed by atoms with Gasteiger partial charge in [-0.1, -0.05) is 0 Å². The number of rotatable bonds is 1. The molecular formula is C13H7F5S2. The highest BCUT2D eigenvalue weighted by Crippen LogP contribution is 2.36. The van der Waals surface area contributed by atoms with E-state index in [4.69, 9.17) is 0 Å². The number of thiophene rings is 2. The van der Waals surface area contributed by atoms with E-state index in [1.165, 1.54) is 17.4 Å². The molecule has 0 nitrogen and oxygen atoms in total. The highest BCUT2D eigenvalue weighted by Gasteiger charge is 2.56. The molecule has 0 aliphatic carbocycles. The van der Waals surface area contributed by atoms with Gasteiger partial charge in [0.15, 0.2) is 0 Å². The predicted octanol–water partition coefficient (Wildman–Crippen LogP) is 5.33. The van der Waals surface area contributed by atoms with Crippen LogP contribution in [0.1, 0.15) is 9.75 Å². The lowest BCUT2D eigenvalue weighted by Gasteiger charge is -2.12. The third-order valence-corrected chi connectivity index (χ3v) is 4.49. The minimum Gasteiger partial charge on any atom is -0.181 e. The van der Waals surface area contributed by atoms with Gasteiger partial charge in [0.2, 0.25) is 0 Å². The Kier molecular flexibility index (Phi) is 3.89. The summed E-state index contributed by atoms with van der Waals surface area (Å²) >= 11 is 2.60. The minimum atomic E-state index is -5.65. The van der Waals surface area contributed by atoms with Crippen LogP contribution in [0.4, 0.5) is 22.0 Å². The van der Waals surface area contributed by atoms with Gasteiger partial charge in [-0.25, -0.2) is 0 Å². The Morgan fingerprint density at radius 3 is 2.05 bits per heavy atom. The van der Waals surface area contributed by atoms with Gasteiger partial charge in [0, 0.05) is 14.6 Å². The number of alkyl halides is 5. The molecule has 0 spiro atoms. The average molecular weight is 322 g/mol. The maximum absolute atomic E-state index is 12.7. The van der Waals surface area contributed by atoms with Gasteiger partial charge >= 0.3 is 12.1 Å². The summed E-state index contributed by atoms with van der Waals surface area (Å²) in [5.74, 6) is -2.11. The van der Waals surface area contributed by atoms with Gasteiger partial charge in [0.25, 0.3) is 0 Å².